The van der Waals surface area contributed by atoms with E-state index in [1.807, 2.05) is 42.5 Å². The molecular formula is C24H30N2O3S. The first kappa shape index (κ1) is 21.1. The van der Waals surface area contributed by atoms with Crippen LogP contribution in [0.1, 0.15) is 56.4 Å². The lowest BCUT2D eigenvalue weighted by Gasteiger charge is -2.30. The monoisotopic (exact) mass is 426 g/mol. The van der Waals surface area contributed by atoms with Crippen molar-refractivity contribution >= 4 is 21.6 Å². The molecule has 0 radical (unpaired) electrons. The van der Waals surface area contributed by atoms with Gasteiger partial charge in [0.2, 0.25) is 15.9 Å². The molecule has 1 aliphatic carbocycles. The maximum Gasteiger partial charge on any atom is 0.243 e. The molecule has 2 fully saturated rings. The van der Waals surface area contributed by atoms with Crippen LogP contribution in [0.5, 0.6) is 0 Å². The zero-order valence-electron chi connectivity index (χ0n) is 17.3. The van der Waals surface area contributed by atoms with Crippen LogP contribution in [-0.4, -0.2) is 31.7 Å². The second-order valence-electron chi connectivity index (χ2n) is 8.44. The standard InChI is InChI=1S/C24H30N2O3S/c27-24(25-22-9-5-2-6-10-22)21-15-17-26(18-16-21)30(28,29)23-13-11-20(12-14-23)19-7-3-1-4-8-19/h2,5-6,9-14,19,21H,1,3-4,7-8,15-18H2,(H,25,27). The lowest BCUT2D eigenvalue weighted by Crippen LogP contribution is -2.41. The quantitative estimate of drug-likeness (QED) is 0.749. The molecule has 2 aliphatic rings. The molecular weight excluding hydrogens is 396 g/mol. The fourth-order valence-corrected chi connectivity index (χ4v) is 6.09. The number of carbonyl (C=O) groups is 1. The van der Waals surface area contributed by atoms with Crippen molar-refractivity contribution in [3.63, 3.8) is 0 Å². The Morgan fingerprint density at radius 2 is 1.47 bits per heavy atom. The summed E-state index contributed by atoms with van der Waals surface area (Å²) >= 11 is 0. The van der Waals surface area contributed by atoms with Gasteiger partial charge >= 0.3 is 0 Å². The number of para-hydroxylation sites is 1. The van der Waals surface area contributed by atoms with Crippen molar-refractivity contribution in [2.24, 2.45) is 5.92 Å². The number of nitrogens with zero attached hydrogens (tertiary/aromatic N) is 1. The van der Waals surface area contributed by atoms with Crippen LogP contribution < -0.4 is 5.32 Å². The van der Waals surface area contributed by atoms with Crippen LogP contribution in [0.25, 0.3) is 0 Å². The molecule has 5 nitrogen and oxygen atoms in total. The van der Waals surface area contributed by atoms with Crippen molar-refractivity contribution in [2.75, 3.05) is 18.4 Å². The summed E-state index contributed by atoms with van der Waals surface area (Å²) in [7, 11) is -3.52. The highest BCUT2D eigenvalue weighted by Crippen LogP contribution is 2.33. The van der Waals surface area contributed by atoms with Gasteiger partial charge in [-0.15, -0.1) is 0 Å². The molecule has 1 saturated carbocycles. The predicted octanol–water partition coefficient (Wildman–Crippen LogP) is 4.77. The maximum absolute atomic E-state index is 13.1. The molecule has 0 atom stereocenters. The molecule has 0 aromatic heterocycles. The molecule has 30 heavy (non-hydrogen) atoms. The molecule has 4 rings (SSSR count). The summed E-state index contributed by atoms with van der Waals surface area (Å²) in [6, 6.07) is 16.9. The summed E-state index contributed by atoms with van der Waals surface area (Å²) < 4.78 is 27.7. The van der Waals surface area contributed by atoms with Crippen LogP contribution in [0.2, 0.25) is 0 Å². The number of rotatable bonds is 5. The van der Waals surface area contributed by atoms with Crippen LogP contribution in [0.3, 0.4) is 0 Å². The maximum atomic E-state index is 13.1. The summed E-state index contributed by atoms with van der Waals surface area (Å²) in [5, 5.41) is 2.93. The summed E-state index contributed by atoms with van der Waals surface area (Å²) in [6.07, 6.45) is 7.31. The number of hydrogen-bond acceptors (Lipinski definition) is 3. The third-order valence-electron chi connectivity index (χ3n) is 6.46. The lowest BCUT2D eigenvalue weighted by atomic mass is 9.84. The van der Waals surface area contributed by atoms with Crippen LogP contribution >= 0.6 is 0 Å². The zero-order valence-corrected chi connectivity index (χ0v) is 18.1. The van der Waals surface area contributed by atoms with Crippen molar-refractivity contribution in [1.82, 2.24) is 4.31 Å². The van der Waals surface area contributed by atoms with Crippen LogP contribution in [-0.2, 0) is 14.8 Å². The average Bonchev–Trinajstić information content (AvgIpc) is 2.80. The Morgan fingerprint density at radius 3 is 2.10 bits per heavy atom. The van der Waals surface area contributed by atoms with Crippen molar-refractivity contribution in [2.45, 2.75) is 55.8 Å². The molecule has 2 aromatic rings. The van der Waals surface area contributed by atoms with E-state index >= 15 is 0 Å². The SMILES string of the molecule is O=C(Nc1ccccc1)C1CCN(S(=O)(=O)c2ccc(C3CCCCC3)cc2)CC1. The summed E-state index contributed by atoms with van der Waals surface area (Å²) in [5.41, 5.74) is 2.03. The second kappa shape index (κ2) is 9.31. The highest BCUT2D eigenvalue weighted by Gasteiger charge is 2.32. The van der Waals surface area contributed by atoms with Gasteiger partial charge in [-0.1, -0.05) is 49.6 Å². The summed E-state index contributed by atoms with van der Waals surface area (Å²) in [6.45, 7) is 0.749. The topological polar surface area (TPSA) is 66.5 Å². The van der Waals surface area contributed by atoms with E-state index in [-0.39, 0.29) is 11.8 Å². The van der Waals surface area contributed by atoms with Crippen molar-refractivity contribution < 1.29 is 13.2 Å². The van der Waals surface area contributed by atoms with E-state index in [0.717, 1.165) is 5.69 Å². The predicted molar refractivity (Wildman–Crippen MR) is 119 cm³/mol. The van der Waals surface area contributed by atoms with Crippen LogP contribution in [0.4, 0.5) is 5.69 Å². The molecule has 1 saturated heterocycles. The minimum atomic E-state index is -3.52. The molecule has 1 heterocycles. The van der Waals surface area contributed by atoms with Gasteiger partial charge in [-0.05, 0) is 61.4 Å². The first-order valence-corrected chi connectivity index (χ1v) is 12.4. The smallest absolute Gasteiger partial charge is 0.243 e. The molecule has 0 bridgehead atoms. The van der Waals surface area contributed by atoms with E-state index in [1.165, 1.54) is 42.0 Å². The summed E-state index contributed by atoms with van der Waals surface area (Å²) in [4.78, 5) is 12.9. The van der Waals surface area contributed by atoms with E-state index in [1.54, 1.807) is 12.1 Å². The number of benzene rings is 2. The van der Waals surface area contributed by atoms with E-state index in [2.05, 4.69) is 5.32 Å². The van der Waals surface area contributed by atoms with E-state index in [4.69, 9.17) is 0 Å². The second-order valence-corrected chi connectivity index (χ2v) is 10.4. The minimum Gasteiger partial charge on any atom is -0.326 e. The van der Waals surface area contributed by atoms with Gasteiger partial charge < -0.3 is 5.32 Å². The third-order valence-corrected chi connectivity index (χ3v) is 8.37. The van der Waals surface area contributed by atoms with Gasteiger partial charge in [0.05, 0.1) is 4.90 Å². The number of sulfonamides is 1. The third kappa shape index (κ3) is 4.76. The molecule has 6 heteroatoms. The first-order chi connectivity index (χ1) is 14.5. The Morgan fingerprint density at radius 1 is 0.833 bits per heavy atom. The van der Waals surface area contributed by atoms with Crippen LogP contribution in [0.15, 0.2) is 59.5 Å². The molecule has 0 spiro atoms. The molecule has 1 amide bonds. The van der Waals surface area contributed by atoms with Gasteiger partial charge in [-0.2, -0.15) is 4.31 Å². The number of amides is 1. The van der Waals surface area contributed by atoms with Crippen molar-refractivity contribution in [3.8, 4) is 0 Å². The number of carbonyl (C=O) groups excluding carboxylic acids is 1. The normalized spacial score (nSPS) is 19.5. The van der Waals surface area contributed by atoms with E-state index in [0.29, 0.717) is 36.7 Å². The Kier molecular flexibility index (Phi) is 6.54. The average molecular weight is 427 g/mol. The first-order valence-electron chi connectivity index (χ1n) is 11.0. The number of anilines is 1. The highest BCUT2D eigenvalue weighted by molar-refractivity contribution is 7.89. The molecule has 2 aromatic carbocycles. The van der Waals surface area contributed by atoms with E-state index in [9.17, 15) is 13.2 Å². The van der Waals surface area contributed by atoms with Gasteiger partial charge in [0.1, 0.15) is 0 Å². The van der Waals surface area contributed by atoms with Gasteiger partial charge in [-0.25, -0.2) is 8.42 Å². The lowest BCUT2D eigenvalue weighted by molar-refractivity contribution is -0.120. The molecule has 1 N–H and O–H groups in total. The number of hydrogen-bond donors (Lipinski definition) is 1. The molecule has 1 aliphatic heterocycles. The van der Waals surface area contributed by atoms with Gasteiger partial charge in [0.25, 0.3) is 0 Å². The zero-order chi connectivity index (χ0) is 21.0. The highest BCUT2D eigenvalue weighted by atomic mass is 32.2. The van der Waals surface area contributed by atoms with E-state index < -0.39 is 10.0 Å². The van der Waals surface area contributed by atoms with Crippen molar-refractivity contribution in [3.05, 3.63) is 60.2 Å². The fourth-order valence-electron chi connectivity index (χ4n) is 4.62. The minimum absolute atomic E-state index is 0.0323. The Labute approximate surface area is 179 Å². The Bertz CT molecular complexity index is 944. The number of piperidine rings is 1. The molecule has 0 unspecified atom stereocenters. The Hall–Kier alpha value is -2.18. The van der Waals surface area contributed by atoms with Gasteiger partial charge in [0, 0.05) is 24.7 Å². The number of nitrogens with one attached hydrogen (secondary N) is 1. The van der Waals surface area contributed by atoms with Gasteiger partial charge in [0.15, 0.2) is 0 Å². The summed E-state index contributed by atoms with van der Waals surface area (Å²) in [5.74, 6) is 0.370. The van der Waals surface area contributed by atoms with Crippen LogP contribution in [0, 0.1) is 5.92 Å². The molecule has 160 valence electrons. The largest absolute Gasteiger partial charge is 0.326 e. The van der Waals surface area contributed by atoms with Gasteiger partial charge in [-0.3, -0.25) is 4.79 Å². The Balaban J connectivity index is 1.35. The fraction of sp³-hybridized carbons (Fsp3) is 0.458. The van der Waals surface area contributed by atoms with Crippen molar-refractivity contribution in [1.29, 1.82) is 0 Å².